The summed E-state index contributed by atoms with van der Waals surface area (Å²) in [6.45, 7) is 2.82. The molecule has 1 N–H and O–H groups in total. The van der Waals surface area contributed by atoms with Crippen LogP contribution in [0.3, 0.4) is 0 Å². The van der Waals surface area contributed by atoms with E-state index in [1.807, 2.05) is 0 Å². The topological polar surface area (TPSA) is 79.3 Å². The number of hydrogen-bond acceptors (Lipinski definition) is 6. The minimum Gasteiger partial charge on any atom is -0.389 e. The SMILES string of the molecule is COCC(O)CN(C)C(=O)CSCC(=O)N1CCOCC1. The van der Waals surface area contributed by atoms with Gasteiger partial charge in [0.25, 0.3) is 0 Å². The molecule has 2 amide bonds. The zero-order valence-corrected chi connectivity index (χ0v) is 13.4. The number of aliphatic hydroxyl groups is 1. The molecule has 0 saturated carbocycles. The Morgan fingerprint density at radius 2 is 2.05 bits per heavy atom. The molecule has 1 aliphatic rings. The lowest BCUT2D eigenvalue weighted by atomic mass is 10.3. The number of aliphatic hydroxyl groups excluding tert-OH is 1. The number of nitrogens with zero attached hydrogens (tertiary/aromatic N) is 2. The average molecular weight is 320 g/mol. The maximum atomic E-state index is 11.9. The number of morpholine rings is 1. The maximum absolute atomic E-state index is 11.9. The van der Waals surface area contributed by atoms with Crippen molar-refractivity contribution in [1.29, 1.82) is 0 Å². The fraction of sp³-hybridized carbons (Fsp3) is 0.846. The smallest absolute Gasteiger partial charge is 0.232 e. The van der Waals surface area contributed by atoms with E-state index in [0.717, 1.165) is 0 Å². The first-order valence-corrected chi connectivity index (χ1v) is 8.04. The Balaban J connectivity index is 2.18. The average Bonchev–Trinajstić information content (AvgIpc) is 2.48. The third kappa shape index (κ3) is 7.12. The first kappa shape index (κ1) is 18.2. The highest BCUT2D eigenvalue weighted by Gasteiger charge is 2.18. The molecule has 122 valence electrons. The second-order valence-electron chi connectivity index (χ2n) is 4.87. The van der Waals surface area contributed by atoms with Gasteiger partial charge in [0.05, 0.1) is 37.4 Å². The molecule has 8 heteroatoms. The molecule has 1 heterocycles. The van der Waals surface area contributed by atoms with Gasteiger partial charge in [-0.2, -0.15) is 0 Å². The fourth-order valence-corrected chi connectivity index (χ4v) is 2.76. The lowest BCUT2D eigenvalue weighted by Crippen LogP contribution is -2.42. The molecule has 0 aliphatic carbocycles. The minimum absolute atomic E-state index is 0.0400. The molecule has 0 bridgehead atoms. The number of amides is 2. The van der Waals surface area contributed by atoms with Gasteiger partial charge in [-0.1, -0.05) is 0 Å². The van der Waals surface area contributed by atoms with E-state index in [0.29, 0.717) is 32.1 Å². The predicted octanol–water partition coefficient (Wildman–Crippen LogP) is -0.956. The van der Waals surface area contributed by atoms with Crippen LogP contribution in [0.5, 0.6) is 0 Å². The van der Waals surface area contributed by atoms with Crippen LogP contribution in [-0.4, -0.2) is 97.9 Å². The molecule has 0 spiro atoms. The molecule has 21 heavy (non-hydrogen) atoms. The van der Waals surface area contributed by atoms with Gasteiger partial charge in [-0.3, -0.25) is 9.59 Å². The van der Waals surface area contributed by atoms with Crippen LogP contribution in [0.25, 0.3) is 0 Å². The number of rotatable bonds is 8. The summed E-state index contributed by atoms with van der Waals surface area (Å²) in [5, 5.41) is 9.55. The highest BCUT2D eigenvalue weighted by Crippen LogP contribution is 2.06. The second kappa shape index (κ2) is 9.99. The van der Waals surface area contributed by atoms with Gasteiger partial charge < -0.3 is 24.4 Å². The molecule has 1 saturated heterocycles. The Morgan fingerprint density at radius 3 is 2.67 bits per heavy atom. The van der Waals surface area contributed by atoms with E-state index in [2.05, 4.69) is 0 Å². The number of methoxy groups -OCH3 is 1. The number of carbonyl (C=O) groups excluding carboxylic acids is 2. The summed E-state index contributed by atoms with van der Waals surface area (Å²) >= 11 is 1.30. The van der Waals surface area contributed by atoms with Crippen LogP contribution in [0.4, 0.5) is 0 Å². The van der Waals surface area contributed by atoms with E-state index in [-0.39, 0.29) is 30.7 Å². The van der Waals surface area contributed by atoms with E-state index < -0.39 is 6.10 Å². The number of ether oxygens (including phenoxy) is 2. The third-order valence-electron chi connectivity index (χ3n) is 3.08. The van der Waals surface area contributed by atoms with Crippen molar-refractivity contribution in [3.8, 4) is 0 Å². The van der Waals surface area contributed by atoms with Gasteiger partial charge in [0.2, 0.25) is 11.8 Å². The van der Waals surface area contributed by atoms with Crippen LogP contribution in [0.2, 0.25) is 0 Å². The van der Waals surface area contributed by atoms with Crippen LogP contribution in [0, 0.1) is 0 Å². The van der Waals surface area contributed by atoms with E-state index in [4.69, 9.17) is 9.47 Å². The van der Waals surface area contributed by atoms with Crippen LogP contribution in [0.15, 0.2) is 0 Å². The lowest BCUT2D eigenvalue weighted by Gasteiger charge is -2.26. The predicted molar refractivity (Wildman–Crippen MR) is 80.2 cm³/mol. The van der Waals surface area contributed by atoms with Crippen molar-refractivity contribution >= 4 is 23.6 Å². The molecule has 0 aromatic carbocycles. The van der Waals surface area contributed by atoms with E-state index in [1.165, 1.54) is 23.8 Å². The highest BCUT2D eigenvalue weighted by molar-refractivity contribution is 8.00. The Kier molecular flexibility index (Phi) is 8.67. The normalized spacial score (nSPS) is 16.6. The molecule has 7 nitrogen and oxygen atoms in total. The monoisotopic (exact) mass is 320 g/mol. The van der Waals surface area contributed by atoms with Gasteiger partial charge in [-0.15, -0.1) is 11.8 Å². The number of likely N-dealkylation sites (N-methyl/N-ethyl adjacent to an activating group) is 1. The summed E-state index contributed by atoms with van der Waals surface area (Å²) in [6, 6.07) is 0. The summed E-state index contributed by atoms with van der Waals surface area (Å²) in [6.07, 6.45) is -0.691. The number of hydrogen-bond donors (Lipinski definition) is 1. The number of carbonyl (C=O) groups is 2. The first-order chi connectivity index (χ1) is 10.0. The molecule has 1 rings (SSSR count). The molecule has 0 aromatic heterocycles. The Hall–Kier alpha value is -0.830. The van der Waals surface area contributed by atoms with Crippen molar-refractivity contribution < 1.29 is 24.2 Å². The van der Waals surface area contributed by atoms with Gasteiger partial charge in [-0.25, -0.2) is 0 Å². The Morgan fingerprint density at radius 1 is 1.38 bits per heavy atom. The highest BCUT2D eigenvalue weighted by atomic mass is 32.2. The standard InChI is InChI=1S/C13H24N2O5S/c1-14(7-11(16)8-19-2)12(17)9-21-10-13(18)15-3-5-20-6-4-15/h11,16H,3-10H2,1-2H3. The van der Waals surface area contributed by atoms with Crippen molar-refractivity contribution in [1.82, 2.24) is 9.80 Å². The van der Waals surface area contributed by atoms with Crippen LogP contribution in [0.1, 0.15) is 0 Å². The largest absolute Gasteiger partial charge is 0.389 e. The third-order valence-corrected chi connectivity index (χ3v) is 3.99. The van der Waals surface area contributed by atoms with Crippen LogP contribution < -0.4 is 0 Å². The van der Waals surface area contributed by atoms with Crippen molar-refractivity contribution in [3.05, 3.63) is 0 Å². The minimum atomic E-state index is -0.691. The van der Waals surface area contributed by atoms with Crippen molar-refractivity contribution in [3.63, 3.8) is 0 Å². The summed E-state index contributed by atoms with van der Waals surface area (Å²) in [7, 11) is 3.13. The summed E-state index contributed by atoms with van der Waals surface area (Å²) in [5.74, 6) is 0.454. The van der Waals surface area contributed by atoms with Crippen molar-refractivity contribution in [2.45, 2.75) is 6.10 Å². The summed E-state index contributed by atoms with van der Waals surface area (Å²) < 4.78 is 10.00. The van der Waals surface area contributed by atoms with E-state index in [9.17, 15) is 14.7 Å². The fourth-order valence-electron chi connectivity index (χ4n) is 1.90. The molecule has 1 fully saturated rings. The second-order valence-corrected chi connectivity index (χ2v) is 5.85. The molecule has 1 aliphatic heterocycles. The zero-order valence-electron chi connectivity index (χ0n) is 12.6. The maximum Gasteiger partial charge on any atom is 0.232 e. The summed E-state index contributed by atoms with van der Waals surface area (Å²) in [4.78, 5) is 26.9. The molecule has 1 atom stereocenters. The zero-order chi connectivity index (χ0) is 15.7. The molecule has 1 unspecified atom stereocenters. The van der Waals surface area contributed by atoms with Gasteiger partial charge >= 0.3 is 0 Å². The summed E-state index contributed by atoms with van der Waals surface area (Å²) in [5.41, 5.74) is 0. The van der Waals surface area contributed by atoms with Crippen LogP contribution >= 0.6 is 11.8 Å². The lowest BCUT2D eigenvalue weighted by molar-refractivity contribution is -0.132. The van der Waals surface area contributed by atoms with Gasteiger partial charge in [-0.05, 0) is 0 Å². The van der Waals surface area contributed by atoms with E-state index >= 15 is 0 Å². The molecular formula is C13H24N2O5S. The molecule has 0 aromatic rings. The quantitative estimate of drug-likeness (QED) is 0.621. The molecule has 0 radical (unpaired) electrons. The molecular weight excluding hydrogens is 296 g/mol. The van der Waals surface area contributed by atoms with Gasteiger partial charge in [0, 0.05) is 33.8 Å². The number of thioether (sulfide) groups is 1. The Bertz CT molecular complexity index is 337. The van der Waals surface area contributed by atoms with E-state index in [1.54, 1.807) is 11.9 Å². The van der Waals surface area contributed by atoms with Crippen molar-refractivity contribution in [2.75, 3.05) is 65.1 Å². The Labute approximate surface area is 129 Å². The van der Waals surface area contributed by atoms with Crippen LogP contribution in [-0.2, 0) is 19.1 Å². The van der Waals surface area contributed by atoms with Gasteiger partial charge in [0.1, 0.15) is 0 Å². The first-order valence-electron chi connectivity index (χ1n) is 6.88. The van der Waals surface area contributed by atoms with Gasteiger partial charge in [0.15, 0.2) is 0 Å². The van der Waals surface area contributed by atoms with Crippen molar-refractivity contribution in [2.24, 2.45) is 0 Å².